The van der Waals surface area contributed by atoms with Crippen LogP contribution in [0.15, 0.2) is 36.4 Å². The van der Waals surface area contributed by atoms with Gasteiger partial charge < -0.3 is 24.4 Å². The van der Waals surface area contributed by atoms with Gasteiger partial charge in [-0.15, -0.1) is 0 Å². The smallest absolute Gasteiger partial charge is 0.327 e. The van der Waals surface area contributed by atoms with Gasteiger partial charge in [0.1, 0.15) is 11.8 Å². The number of nitrogens with zero attached hydrogens (tertiary/aromatic N) is 2. The number of hydrogen-bond acceptors (Lipinski definition) is 6. The predicted octanol–water partition coefficient (Wildman–Crippen LogP) is 2.89. The Morgan fingerprint density at radius 1 is 1.00 bits per heavy atom. The van der Waals surface area contributed by atoms with E-state index in [1.165, 1.54) is 26.2 Å². The summed E-state index contributed by atoms with van der Waals surface area (Å²) in [4.78, 5) is 41.0. The van der Waals surface area contributed by atoms with E-state index in [0.717, 1.165) is 6.42 Å². The van der Waals surface area contributed by atoms with Crippen LogP contribution in [0.25, 0.3) is 0 Å². The molecule has 2 heterocycles. The molecule has 2 aromatic rings. The van der Waals surface area contributed by atoms with Gasteiger partial charge in [-0.05, 0) is 49.2 Å². The fourth-order valence-electron chi connectivity index (χ4n) is 4.16. The lowest BCUT2D eigenvalue weighted by Gasteiger charge is -2.18. The molecule has 2 aromatic carbocycles. The molecule has 0 aliphatic carbocycles. The van der Waals surface area contributed by atoms with E-state index in [2.05, 4.69) is 5.32 Å². The molecule has 2 fully saturated rings. The molecule has 1 atom stereocenters. The van der Waals surface area contributed by atoms with E-state index in [4.69, 9.17) is 14.2 Å². The highest BCUT2D eigenvalue weighted by atomic mass is 16.5. The van der Waals surface area contributed by atoms with Crippen LogP contribution in [0.3, 0.4) is 0 Å². The number of carbonyl (C=O) groups is 3. The topological polar surface area (TPSA) is 97.4 Å². The fraction of sp³-hybridized carbons (Fsp3) is 0.348. The molecule has 1 unspecified atom stereocenters. The summed E-state index contributed by atoms with van der Waals surface area (Å²) in [5.74, 6) is 0.977. The Balaban J connectivity index is 1.54. The van der Waals surface area contributed by atoms with E-state index < -0.39 is 0 Å². The number of methoxy groups -OCH3 is 3. The molecule has 0 bridgehead atoms. The standard InChI is InChI=1S/C23H25N3O6/c1-30-18-9-7-16(24-21(27)14-6-8-19(31-2)20(12-14)32-3)11-15(18)13-26-22(28)17-5-4-10-25(17)23(26)29/h6-9,11-12,17H,4-5,10,13H2,1-3H3,(H,24,27). The van der Waals surface area contributed by atoms with Crippen LogP contribution >= 0.6 is 0 Å². The second-order valence-corrected chi connectivity index (χ2v) is 7.61. The number of nitrogens with one attached hydrogen (secondary N) is 1. The van der Waals surface area contributed by atoms with Gasteiger partial charge in [0, 0.05) is 23.4 Å². The van der Waals surface area contributed by atoms with Crippen LogP contribution in [0.4, 0.5) is 10.5 Å². The Labute approximate surface area is 185 Å². The minimum absolute atomic E-state index is 0.0773. The quantitative estimate of drug-likeness (QED) is 0.667. The largest absolute Gasteiger partial charge is 0.496 e. The monoisotopic (exact) mass is 439 g/mol. The molecule has 1 N–H and O–H groups in total. The van der Waals surface area contributed by atoms with Crippen molar-refractivity contribution in [1.29, 1.82) is 0 Å². The number of carbonyl (C=O) groups excluding carboxylic acids is 3. The number of benzene rings is 2. The SMILES string of the molecule is COc1ccc(NC(=O)c2ccc(OC)c(OC)c2)cc1CN1C(=O)C2CCCN2C1=O. The third kappa shape index (κ3) is 3.81. The first-order valence-electron chi connectivity index (χ1n) is 10.3. The minimum atomic E-state index is -0.360. The lowest BCUT2D eigenvalue weighted by atomic mass is 10.1. The van der Waals surface area contributed by atoms with Crippen molar-refractivity contribution < 1.29 is 28.6 Å². The normalized spacial score (nSPS) is 17.4. The molecule has 2 aliphatic rings. The van der Waals surface area contributed by atoms with Gasteiger partial charge in [-0.1, -0.05) is 0 Å². The average Bonchev–Trinajstić information content (AvgIpc) is 3.38. The molecule has 4 amide bonds. The van der Waals surface area contributed by atoms with E-state index in [9.17, 15) is 14.4 Å². The maximum absolute atomic E-state index is 12.8. The zero-order valence-electron chi connectivity index (χ0n) is 18.2. The molecule has 2 aliphatic heterocycles. The van der Waals surface area contributed by atoms with Crippen molar-refractivity contribution in [1.82, 2.24) is 9.80 Å². The zero-order chi connectivity index (χ0) is 22.8. The Kier molecular flexibility index (Phi) is 5.89. The number of rotatable bonds is 7. The van der Waals surface area contributed by atoms with Crippen molar-refractivity contribution in [3.05, 3.63) is 47.5 Å². The van der Waals surface area contributed by atoms with Crippen molar-refractivity contribution in [3.63, 3.8) is 0 Å². The third-order valence-corrected chi connectivity index (χ3v) is 5.79. The van der Waals surface area contributed by atoms with E-state index in [0.29, 0.717) is 47.0 Å². The lowest BCUT2D eigenvalue weighted by molar-refractivity contribution is -0.128. The Hall–Kier alpha value is -3.75. The van der Waals surface area contributed by atoms with Crippen LogP contribution < -0.4 is 19.5 Å². The van der Waals surface area contributed by atoms with Crippen molar-refractivity contribution in [3.8, 4) is 17.2 Å². The summed E-state index contributed by atoms with van der Waals surface area (Å²) < 4.78 is 15.9. The number of imide groups is 1. The first-order valence-corrected chi connectivity index (χ1v) is 10.3. The molecular weight excluding hydrogens is 414 g/mol. The van der Waals surface area contributed by atoms with E-state index in [-0.39, 0.29) is 30.4 Å². The molecule has 0 aromatic heterocycles. The van der Waals surface area contributed by atoms with Crippen molar-refractivity contribution >= 4 is 23.5 Å². The summed E-state index contributed by atoms with van der Waals surface area (Å²) in [5, 5.41) is 2.84. The molecule has 4 rings (SSSR count). The summed E-state index contributed by atoms with van der Waals surface area (Å²) in [7, 11) is 4.55. The van der Waals surface area contributed by atoms with Crippen LogP contribution in [0.2, 0.25) is 0 Å². The Morgan fingerprint density at radius 3 is 2.41 bits per heavy atom. The first-order chi connectivity index (χ1) is 15.5. The number of fused-ring (bicyclic) bond motifs is 1. The number of amides is 4. The number of hydrogen-bond donors (Lipinski definition) is 1. The molecule has 9 heteroatoms. The Bertz CT molecular complexity index is 1050. The second kappa shape index (κ2) is 8.78. The highest BCUT2D eigenvalue weighted by Gasteiger charge is 2.47. The maximum atomic E-state index is 12.8. The summed E-state index contributed by atoms with van der Waals surface area (Å²) in [6, 6.07) is 9.36. The van der Waals surface area contributed by atoms with Gasteiger partial charge in [0.2, 0.25) is 0 Å². The van der Waals surface area contributed by atoms with Gasteiger partial charge in [0.25, 0.3) is 11.8 Å². The summed E-state index contributed by atoms with van der Waals surface area (Å²) in [6.45, 7) is 0.679. The summed E-state index contributed by atoms with van der Waals surface area (Å²) in [6.07, 6.45) is 1.54. The average molecular weight is 439 g/mol. The number of anilines is 1. The van der Waals surface area contributed by atoms with Crippen molar-refractivity contribution in [2.45, 2.75) is 25.4 Å². The molecule has 32 heavy (non-hydrogen) atoms. The molecule has 0 spiro atoms. The van der Waals surface area contributed by atoms with E-state index in [1.54, 1.807) is 41.3 Å². The first kappa shape index (κ1) is 21.5. The molecule has 9 nitrogen and oxygen atoms in total. The van der Waals surface area contributed by atoms with Crippen LogP contribution in [0.1, 0.15) is 28.8 Å². The Morgan fingerprint density at radius 2 is 1.72 bits per heavy atom. The fourth-order valence-corrected chi connectivity index (χ4v) is 4.16. The minimum Gasteiger partial charge on any atom is -0.496 e. The van der Waals surface area contributed by atoms with Gasteiger partial charge in [-0.2, -0.15) is 0 Å². The summed E-state index contributed by atoms with van der Waals surface area (Å²) in [5.41, 5.74) is 1.53. The lowest BCUT2D eigenvalue weighted by Crippen LogP contribution is -2.32. The van der Waals surface area contributed by atoms with Crippen LogP contribution in [-0.4, -0.2) is 61.6 Å². The number of urea groups is 1. The van der Waals surface area contributed by atoms with E-state index in [1.807, 2.05) is 0 Å². The van der Waals surface area contributed by atoms with E-state index >= 15 is 0 Å². The van der Waals surface area contributed by atoms with Crippen LogP contribution in [0.5, 0.6) is 17.2 Å². The van der Waals surface area contributed by atoms with Crippen molar-refractivity contribution in [2.24, 2.45) is 0 Å². The third-order valence-electron chi connectivity index (χ3n) is 5.79. The highest BCUT2D eigenvalue weighted by Crippen LogP contribution is 2.32. The van der Waals surface area contributed by atoms with Gasteiger partial charge in [0.15, 0.2) is 11.5 Å². The second-order valence-electron chi connectivity index (χ2n) is 7.61. The molecule has 168 valence electrons. The molecule has 0 saturated carbocycles. The van der Waals surface area contributed by atoms with Gasteiger partial charge in [0.05, 0.1) is 27.9 Å². The highest BCUT2D eigenvalue weighted by molar-refractivity contribution is 6.05. The number of ether oxygens (including phenoxy) is 3. The molecule has 0 radical (unpaired) electrons. The summed E-state index contributed by atoms with van der Waals surface area (Å²) >= 11 is 0. The van der Waals surface area contributed by atoms with Gasteiger partial charge in [-0.25, -0.2) is 4.79 Å². The van der Waals surface area contributed by atoms with Gasteiger partial charge >= 0.3 is 6.03 Å². The van der Waals surface area contributed by atoms with Crippen LogP contribution in [-0.2, 0) is 11.3 Å². The maximum Gasteiger partial charge on any atom is 0.327 e. The zero-order valence-corrected chi connectivity index (χ0v) is 18.2. The van der Waals surface area contributed by atoms with Crippen molar-refractivity contribution in [2.75, 3.05) is 33.2 Å². The van der Waals surface area contributed by atoms with Gasteiger partial charge in [-0.3, -0.25) is 14.5 Å². The molecule has 2 saturated heterocycles. The predicted molar refractivity (Wildman–Crippen MR) is 116 cm³/mol. The molecular formula is C23H25N3O6. The van der Waals surface area contributed by atoms with Crippen LogP contribution in [0, 0.1) is 0 Å².